The number of hydrogen-bond acceptors (Lipinski definition) is 4. The van der Waals surface area contributed by atoms with Crippen molar-refractivity contribution < 1.29 is 9.21 Å². The Bertz CT molecular complexity index is 567. The number of aromatic nitrogens is 2. The summed E-state index contributed by atoms with van der Waals surface area (Å²) in [6.45, 7) is 1.34. The van der Waals surface area contributed by atoms with Crippen LogP contribution in [0.2, 0.25) is 0 Å². The Morgan fingerprint density at radius 1 is 1.55 bits per heavy atom. The highest BCUT2D eigenvalue weighted by atomic mass is 35.5. The molecule has 1 unspecified atom stereocenters. The minimum atomic E-state index is -0.0794. The number of aromatic amines is 1. The van der Waals surface area contributed by atoms with E-state index in [2.05, 4.69) is 10.2 Å². The second-order valence-electron chi connectivity index (χ2n) is 4.80. The summed E-state index contributed by atoms with van der Waals surface area (Å²) in [5.41, 5.74) is 6.99. The van der Waals surface area contributed by atoms with Gasteiger partial charge in [-0.3, -0.25) is 9.89 Å². The van der Waals surface area contributed by atoms with Gasteiger partial charge in [0.2, 0.25) is 0 Å². The molecule has 108 valence electrons. The van der Waals surface area contributed by atoms with Gasteiger partial charge in [0.05, 0.1) is 6.26 Å². The van der Waals surface area contributed by atoms with E-state index in [0.29, 0.717) is 23.7 Å². The van der Waals surface area contributed by atoms with Crippen molar-refractivity contribution in [2.45, 2.75) is 18.9 Å². The Balaban J connectivity index is 0.00000147. The molecule has 3 N–H and O–H groups in total. The maximum atomic E-state index is 12.3. The smallest absolute Gasteiger partial charge is 0.274 e. The van der Waals surface area contributed by atoms with Crippen LogP contribution in [-0.2, 0) is 0 Å². The number of likely N-dealkylation sites (tertiary alicyclic amines) is 1. The minimum Gasteiger partial charge on any atom is -0.463 e. The molecule has 0 saturated carbocycles. The van der Waals surface area contributed by atoms with Crippen LogP contribution in [0.15, 0.2) is 28.9 Å². The normalized spacial score (nSPS) is 18.6. The summed E-state index contributed by atoms with van der Waals surface area (Å²) in [5, 5.41) is 6.87. The number of hydrogen-bond donors (Lipinski definition) is 2. The lowest BCUT2D eigenvalue weighted by Crippen LogP contribution is -2.45. The third kappa shape index (κ3) is 2.86. The highest BCUT2D eigenvalue weighted by molar-refractivity contribution is 5.93. The molecular weight excluding hydrogens is 280 g/mol. The van der Waals surface area contributed by atoms with Gasteiger partial charge in [0.1, 0.15) is 5.69 Å². The molecule has 1 amide bonds. The van der Waals surface area contributed by atoms with Crippen LogP contribution in [-0.4, -0.2) is 40.1 Å². The van der Waals surface area contributed by atoms with E-state index in [0.717, 1.165) is 19.4 Å². The van der Waals surface area contributed by atoms with Crippen LogP contribution in [0.4, 0.5) is 0 Å². The molecule has 6 nitrogen and oxygen atoms in total. The molecule has 1 fully saturated rings. The van der Waals surface area contributed by atoms with E-state index < -0.39 is 0 Å². The first-order chi connectivity index (χ1) is 9.24. The molecule has 0 aromatic carbocycles. The number of furan rings is 1. The number of nitrogens with zero attached hydrogens (tertiary/aromatic N) is 2. The maximum Gasteiger partial charge on any atom is 0.274 e. The van der Waals surface area contributed by atoms with E-state index in [1.54, 1.807) is 23.3 Å². The zero-order valence-corrected chi connectivity index (χ0v) is 11.7. The van der Waals surface area contributed by atoms with E-state index in [9.17, 15) is 4.79 Å². The quantitative estimate of drug-likeness (QED) is 0.882. The minimum absolute atomic E-state index is 0. The first-order valence-electron chi connectivity index (χ1n) is 6.38. The van der Waals surface area contributed by atoms with Gasteiger partial charge in [0, 0.05) is 25.2 Å². The lowest BCUT2D eigenvalue weighted by Gasteiger charge is -2.30. The fourth-order valence-corrected chi connectivity index (χ4v) is 2.35. The molecule has 0 aliphatic carbocycles. The van der Waals surface area contributed by atoms with Crippen LogP contribution in [0.25, 0.3) is 11.5 Å². The molecular formula is C13H17ClN4O2. The number of carbonyl (C=O) groups is 1. The zero-order valence-electron chi connectivity index (χ0n) is 10.9. The fourth-order valence-electron chi connectivity index (χ4n) is 2.35. The number of piperidine rings is 1. The number of nitrogens with two attached hydrogens (primary N) is 1. The van der Waals surface area contributed by atoms with Gasteiger partial charge in [0.15, 0.2) is 11.5 Å². The van der Waals surface area contributed by atoms with Crippen LogP contribution in [0, 0.1) is 0 Å². The van der Waals surface area contributed by atoms with Crippen LogP contribution < -0.4 is 5.73 Å². The van der Waals surface area contributed by atoms with E-state index >= 15 is 0 Å². The molecule has 20 heavy (non-hydrogen) atoms. The molecule has 0 bridgehead atoms. The van der Waals surface area contributed by atoms with Crippen LogP contribution >= 0.6 is 12.4 Å². The van der Waals surface area contributed by atoms with Crippen molar-refractivity contribution in [1.82, 2.24) is 15.1 Å². The number of H-pyrrole nitrogens is 1. The zero-order chi connectivity index (χ0) is 13.2. The van der Waals surface area contributed by atoms with Crippen molar-refractivity contribution in [1.29, 1.82) is 0 Å². The molecule has 1 atom stereocenters. The second kappa shape index (κ2) is 6.11. The largest absolute Gasteiger partial charge is 0.463 e. The van der Waals surface area contributed by atoms with Crippen molar-refractivity contribution in [2.75, 3.05) is 13.1 Å². The maximum absolute atomic E-state index is 12.3. The molecule has 1 saturated heterocycles. The lowest BCUT2D eigenvalue weighted by atomic mass is 10.1. The van der Waals surface area contributed by atoms with Gasteiger partial charge in [-0.25, -0.2) is 0 Å². The third-order valence-corrected chi connectivity index (χ3v) is 3.33. The second-order valence-corrected chi connectivity index (χ2v) is 4.80. The molecule has 2 aromatic rings. The molecule has 2 aromatic heterocycles. The molecule has 1 aliphatic rings. The van der Waals surface area contributed by atoms with Crippen LogP contribution in [0.3, 0.4) is 0 Å². The molecule has 7 heteroatoms. The molecule has 0 spiro atoms. The summed E-state index contributed by atoms with van der Waals surface area (Å²) < 4.78 is 5.26. The predicted octanol–water partition coefficient (Wildman–Crippen LogP) is 1.65. The molecule has 1 aliphatic heterocycles. The Labute approximate surface area is 122 Å². The van der Waals surface area contributed by atoms with Gasteiger partial charge >= 0.3 is 0 Å². The van der Waals surface area contributed by atoms with E-state index in [1.807, 2.05) is 6.07 Å². The lowest BCUT2D eigenvalue weighted by molar-refractivity contribution is 0.0703. The standard InChI is InChI=1S/C13H16N4O2.ClH/c14-9-3-1-5-17(8-9)13(18)11-7-10(15-16-11)12-4-2-6-19-12;/h2,4,6-7,9H,1,3,5,8,14H2,(H,15,16);1H. The van der Waals surface area contributed by atoms with Gasteiger partial charge in [-0.2, -0.15) is 5.10 Å². The number of nitrogens with one attached hydrogen (secondary N) is 1. The van der Waals surface area contributed by atoms with Gasteiger partial charge in [-0.15, -0.1) is 12.4 Å². The van der Waals surface area contributed by atoms with Crippen LogP contribution in [0.5, 0.6) is 0 Å². The SMILES string of the molecule is Cl.NC1CCCN(C(=O)c2cc(-c3ccco3)[nH]n2)C1. The topological polar surface area (TPSA) is 88.1 Å². The first kappa shape index (κ1) is 14.6. The summed E-state index contributed by atoms with van der Waals surface area (Å²) in [6, 6.07) is 5.39. The predicted molar refractivity (Wildman–Crippen MR) is 76.7 cm³/mol. The summed E-state index contributed by atoms with van der Waals surface area (Å²) in [7, 11) is 0. The van der Waals surface area contributed by atoms with E-state index in [1.165, 1.54) is 0 Å². The van der Waals surface area contributed by atoms with Gasteiger partial charge in [-0.05, 0) is 25.0 Å². The number of halogens is 1. The first-order valence-corrected chi connectivity index (χ1v) is 6.38. The summed E-state index contributed by atoms with van der Waals surface area (Å²) in [5.74, 6) is 0.589. The number of amides is 1. The highest BCUT2D eigenvalue weighted by Crippen LogP contribution is 2.19. The summed E-state index contributed by atoms with van der Waals surface area (Å²) in [6.07, 6.45) is 3.51. The Morgan fingerprint density at radius 3 is 3.10 bits per heavy atom. The molecule has 0 radical (unpaired) electrons. The Hall–Kier alpha value is -1.79. The summed E-state index contributed by atoms with van der Waals surface area (Å²) >= 11 is 0. The third-order valence-electron chi connectivity index (χ3n) is 3.33. The average Bonchev–Trinajstić information content (AvgIpc) is 3.08. The Morgan fingerprint density at radius 2 is 2.40 bits per heavy atom. The van der Waals surface area contributed by atoms with Crippen molar-refractivity contribution in [3.63, 3.8) is 0 Å². The average molecular weight is 297 g/mol. The van der Waals surface area contributed by atoms with E-state index in [-0.39, 0.29) is 24.4 Å². The summed E-state index contributed by atoms with van der Waals surface area (Å²) in [4.78, 5) is 14.0. The Kier molecular flexibility index (Phi) is 4.46. The monoisotopic (exact) mass is 296 g/mol. The highest BCUT2D eigenvalue weighted by Gasteiger charge is 2.24. The van der Waals surface area contributed by atoms with Crippen molar-refractivity contribution in [3.05, 3.63) is 30.2 Å². The molecule has 3 rings (SSSR count). The van der Waals surface area contributed by atoms with Crippen molar-refractivity contribution >= 4 is 18.3 Å². The van der Waals surface area contributed by atoms with E-state index in [4.69, 9.17) is 10.2 Å². The fraction of sp³-hybridized carbons (Fsp3) is 0.385. The van der Waals surface area contributed by atoms with Gasteiger partial charge in [-0.1, -0.05) is 0 Å². The number of carbonyl (C=O) groups excluding carboxylic acids is 1. The van der Waals surface area contributed by atoms with Gasteiger partial charge in [0.25, 0.3) is 5.91 Å². The van der Waals surface area contributed by atoms with Crippen molar-refractivity contribution in [3.8, 4) is 11.5 Å². The van der Waals surface area contributed by atoms with Gasteiger partial charge < -0.3 is 15.1 Å². The number of rotatable bonds is 2. The van der Waals surface area contributed by atoms with Crippen LogP contribution in [0.1, 0.15) is 23.3 Å². The van der Waals surface area contributed by atoms with Crippen molar-refractivity contribution in [2.24, 2.45) is 5.73 Å². The molecule has 3 heterocycles.